The van der Waals surface area contributed by atoms with Gasteiger partial charge in [-0.3, -0.25) is 9.59 Å². The van der Waals surface area contributed by atoms with Gasteiger partial charge in [0, 0.05) is 33.1 Å². The van der Waals surface area contributed by atoms with Crippen LogP contribution in [0.2, 0.25) is 0 Å². The molecule has 2 aliphatic rings. The summed E-state index contributed by atoms with van der Waals surface area (Å²) in [6, 6.07) is 0. The van der Waals surface area contributed by atoms with Gasteiger partial charge in [-0.15, -0.1) is 0 Å². The maximum Gasteiger partial charge on any atom is 0.231 e. The second kappa shape index (κ2) is 3.75. The fourth-order valence-electron chi connectivity index (χ4n) is 2.67. The van der Waals surface area contributed by atoms with Crippen molar-refractivity contribution in [1.29, 1.82) is 0 Å². The van der Waals surface area contributed by atoms with Crippen LogP contribution in [0.3, 0.4) is 0 Å². The minimum Gasteiger partial charge on any atom is -0.346 e. The first-order valence-corrected chi connectivity index (χ1v) is 5.98. The van der Waals surface area contributed by atoms with Crippen LogP contribution in [0.4, 0.5) is 0 Å². The average molecular weight is 224 g/mol. The van der Waals surface area contributed by atoms with E-state index in [-0.39, 0.29) is 17.2 Å². The second-order valence-corrected chi connectivity index (χ2v) is 5.60. The summed E-state index contributed by atoms with van der Waals surface area (Å²) in [6.07, 6.45) is 1.25. The van der Waals surface area contributed by atoms with Crippen molar-refractivity contribution >= 4 is 11.8 Å². The summed E-state index contributed by atoms with van der Waals surface area (Å²) in [4.78, 5) is 27.3. The molecule has 4 nitrogen and oxygen atoms in total. The lowest BCUT2D eigenvalue weighted by Crippen LogP contribution is -2.65. The van der Waals surface area contributed by atoms with Gasteiger partial charge in [0.25, 0.3) is 0 Å². The van der Waals surface area contributed by atoms with Gasteiger partial charge in [-0.05, 0) is 12.3 Å². The largest absolute Gasteiger partial charge is 0.346 e. The molecule has 4 heteroatoms. The summed E-state index contributed by atoms with van der Waals surface area (Å²) in [5, 5.41) is 0. The number of carbonyl (C=O) groups is 2. The third-order valence-electron chi connectivity index (χ3n) is 3.66. The number of amides is 2. The Morgan fingerprint density at radius 1 is 1.38 bits per heavy atom. The van der Waals surface area contributed by atoms with E-state index in [0.29, 0.717) is 12.3 Å². The predicted octanol–water partition coefficient (Wildman–Crippen LogP) is 0.723. The Balaban J connectivity index is 1.98. The van der Waals surface area contributed by atoms with E-state index < -0.39 is 0 Å². The molecule has 2 fully saturated rings. The van der Waals surface area contributed by atoms with E-state index in [4.69, 9.17) is 0 Å². The van der Waals surface area contributed by atoms with Crippen molar-refractivity contribution in [3.63, 3.8) is 0 Å². The summed E-state index contributed by atoms with van der Waals surface area (Å²) in [7, 11) is 1.81. The SMILES string of the molecule is CC(C)CN1CC2(CCN(C)C(=O)C2)C1=O. The lowest BCUT2D eigenvalue weighted by molar-refractivity contribution is -0.170. The number of hydrogen-bond donors (Lipinski definition) is 0. The van der Waals surface area contributed by atoms with Crippen LogP contribution in [0.25, 0.3) is 0 Å². The number of rotatable bonds is 2. The zero-order valence-electron chi connectivity index (χ0n) is 10.3. The first kappa shape index (κ1) is 11.4. The predicted molar refractivity (Wildman–Crippen MR) is 60.7 cm³/mol. The highest BCUT2D eigenvalue weighted by molar-refractivity contribution is 5.94. The van der Waals surface area contributed by atoms with Gasteiger partial charge < -0.3 is 9.80 Å². The topological polar surface area (TPSA) is 40.6 Å². The molecular formula is C12H20N2O2. The molecule has 1 unspecified atom stereocenters. The Kier molecular flexibility index (Phi) is 2.68. The van der Waals surface area contributed by atoms with Crippen LogP contribution in [0.5, 0.6) is 0 Å². The minimum absolute atomic E-state index is 0.115. The molecule has 0 aromatic heterocycles. The van der Waals surface area contributed by atoms with Crippen LogP contribution in [0.1, 0.15) is 26.7 Å². The zero-order valence-corrected chi connectivity index (χ0v) is 10.3. The summed E-state index contributed by atoms with van der Waals surface area (Å²) in [5.74, 6) is 0.815. The van der Waals surface area contributed by atoms with E-state index >= 15 is 0 Å². The average Bonchev–Trinajstić information content (AvgIpc) is 2.22. The number of likely N-dealkylation sites (tertiary alicyclic amines) is 2. The molecule has 0 radical (unpaired) electrons. The van der Waals surface area contributed by atoms with Crippen molar-refractivity contribution in [2.45, 2.75) is 26.7 Å². The highest BCUT2D eigenvalue weighted by Gasteiger charge is 2.54. The zero-order chi connectivity index (χ0) is 11.9. The molecule has 2 aliphatic heterocycles. The van der Waals surface area contributed by atoms with Crippen LogP contribution in [-0.2, 0) is 9.59 Å². The molecule has 2 rings (SSSR count). The Bertz CT molecular complexity index is 327. The molecule has 0 aromatic carbocycles. The molecule has 1 atom stereocenters. The third-order valence-corrected chi connectivity index (χ3v) is 3.66. The second-order valence-electron chi connectivity index (χ2n) is 5.60. The highest BCUT2D eigenvalue weighted by atomic mass is 16.2. The monoisotopic (exact) mass is 224 g/mol. The molecule has 0 N–H and O–H groups in total. The summed E-state index contributed by atoms with van der Waals surface area (Å²) >= 11 is 0. The lowest BCUT2D eigenvalue weighted by Gasteiger charge is -2.52. The van der Waals surface area contributed by atoms with Crippen LogP contribution >= 0.6 is 0 Å². The van der Waals surface area contributed by atoms with Crippen molar-refractivity contribution in [2.24, 2.45) is 11.3 Å². The van der Waals surface area contributed by atoms with Gasteiger partial charge in [0.05, 0.1) is 5.41 Å². The van der Waals surface area contributed by atoms with Gasteiger partial charge in [0.1, 0.15) is 0 Å². The molecule has 0 saturated carbocycles. The van der Waals surface area contributed by atoms with Crippen LogP contribution in [-0.4, -0.2) is 48.3 Å². The molecular weight excluding hydrogens is 204 g/mol. The van der Waals surface area contributed by atoms with E-state index in [1.165, 1.54) is 0 Å². The van der Waals surface area contributed by atoms with Crippen LogP contribution < -0.4 is 0 Å². The van der Waals surface area contributed by atoms with Crippen LogP contribution in [0.15, 0.2) is 0 Å². The molecule has 90 valence electrons. The van der Waals surface area contributed by atoms with Crippen LogP contribution in [0, 0.1) is 11.3 Å². The summed E-state index contributed by atoms with van der Waals surface area (Å²) in [6.45, 7) is 6.55. The van der Waals surface area contributed by atoms with Gasteiger partial charge in [0.2, 0.25) is 11.8 Å². The van der Waals surface area contributed by atoms with Gasteiger partial charge in [-0.2, -0.15) is 0 Å². The normalized spacial score (nSPS) is 30.2. The molecule has 1 spiro atoms. The quantitative estimate of drug-likeness (QED) is 0.649. The van der Waals surface area contributed by atoms with E-state index in [2.05, 4.69) is 13.8 Å². The number of nitrogens with zero attached hydrogens (tertiary/aromatic N) is 2. The summed E-state index contributed by atoms with van der Waals surface area (Å²) < 4.78 is 0. The standard InChI is InChI=1S/C12H20N2O2/c1-9(2)7-14-8-12(11(14)16)4-5-13(3)10(15)6-12/h9H,4-8H2,1-3H3. The van der Waals surface area contributed by atoms with E-state index in [9.17, 15) is 9.59 Å². The van der Waals surface area contributed by atoms with E-state index in [1.807, 2.05) is 11.9 Å². The maximum atomic E-state index is 12.1. The Morgan fingerprint density at radius 3 is 2.56 bits per heavy atom. The minimum atomic E-state index is -0.335. The van der Waals surface area contributed by atoms with Gasteiger partial charge in [-0.25, -0.2) is 0 Å². The van der Waals surface area contributed by atoms with E-state index in [1.54, 1.807) is 4.90 Å². The van der Waals surface area contributed by atoms with Crippen molar-refractivity contribution in [3.05, 3.63) is 0 Å². The van der Waals surface area contributed by atoms with E-state index in [0.717, 1.165) is 26.1 Å². The first-order valence-electron chi connectivity index (χ1n) is 5.98. The van der Waals surface area contributed by atoms with Crippen molar-refractivity contribution in [1.82, 2.24) is 9.80 Å². The molecule has 2 saturated heterocycles. The Morgan fingerprint density at radius 2 is 2.06 bits per heavy atom. The fourth-order valence-corrected chi connectivity index (χ4v) is 2.67. The molecule has 2 heterocycles. The fraction of sp³-hybridized carbons (Fsp3) is 0.833. The molecule has 0 bridgehead atoms. The lowest BCUT2D eigenvalue weighted by atomic mass is 9.70. The van der Waals surface area contributed by atoms with Gasteiger partial charge >= 0.3 is 0 Å². The van der Waals surface area contributed by atoms with Gasteiger partial charge in [0.15, 0.2) is 0 Å². The first-order chi connectivity index (χ1) is 7.44. The Labute approximate surface area is 96.6 Å². The van der Waals surface area contributed by atoms with Crippen molar-refractivity contribution < 1.29 is 9.59 Å². The number of β-lactam (4-membered cyclic amide) rings is 1. The maximum absolute atomic E-state index is 12.1. The smallest absolute Gasteiger partial charge is 0.231 e. The Hall–Kier alpha value is -1.06. The molecule has 0 aliphatic carbocycles. The third kappa shape index (κ3) is 1.70. The number of carbonyl (C=O) groups excluding carboxylic acids is 2. The molecule has 0 aromatic rings. The highest BCUT2D eigenvalue weighted by Crippen LogP contribution is 2.42. The number of hydrogen-bond acceptors (Lipinski definition) is 2. The summed E-state index contributed by atoms with van der Waals surface area (Å²) in [5.41, 5.74) is -0.335. The van der Waals surface area contributed by atoms with Crippen molar-refractivity contribution in [2.75, 3.05) is 26.7 Å². The molecule has 2 amide bonds. The van der Waals surface area contributed by atoms with Crippen molar-refractivity contribution in [3.8, 4) is 0 Å². The van der Waals surface area contributed by atoms with Gasteiger partial charge in [-0.1, -0.05) is 13.8 Å². The molecule has 16 heavy (non-hydrogen) atoms. The number of piperidine rings is 1.